The number of alkyl halides is 3. The number of rotatable bonds is 4. The minimum absolute atomic E-state index is 0. The van der Waals surface area contributed by atoms with Crippen molar-refractivity contribution in [2.75, 3.05) is 6.54 Å². The van der Waals surface area contributed by atoms with Gasteiger partial charge >= 0.3 is 6.18 Å². The SMILES string of the molecule is Cl.NCC1(C(=O)NCc2ccc(C(F)(F)F)cc2)CCCC1. The summed E-state index contributed by atoms with van der Waals surface area (Å²) in [5.41, 5.74) is 5.18. The van der Waals surface area contributed by atoms with Crippen molar-refractivity contribution in [2.24, 2.45) is 11.1 Å². The van der Waals surface area contributed by atoms with Gasteiger partial charge in [0.25, 0.3) is 0 Å². The van der Waals surface area contributed by atoms with Gasteiger partial charge in [-0.05, 0) is 30.5 Å². The lowest BCUT2D eigenvalue weighted by Crippen LogP contribution is -2.43. The summed E-state index contributed by atoms with van der Waals surface area (Å²) in [7, 11) is 0. The fourth-order valence-electron chi connectivity index (χ4n) is 2.76. The van der Waals surface area contributed by atoms with Gasteiger partial charge in [0.05, 0.1) is 11.0 Å². The van der Waals surface area contributed by atoms with Crippen molar-refractivity contribution in [3.63, 3.8) is 0 Å². The van der Waals surface area contributed by atoms with Gasteiger partial charge < -0.3 is 11.1 Å². The third-order valence-electron chi connectivity index (χ3n) is 4.17. The third kappa shape index (κ3) is 4.14. The average molecular weight is 337 g/mol. The maximum atomic E-state index is 12.5. The summed E-state index contributed by atoms with van der Waals surface area (Å²) in [5, 5.41) is 2.79. The van der Waals surface area contributed by atoms with Crippen LogP contribution in [-0.4, -0.2) is 12.5 Å². The predicted octanol–water partition coefficient (Wildman–Crippen LogP) is 3.26. The Balaban J connectivity index is 0.00000242. The molecule has 1 aliphatic rings. The minimum Gasteiger partial charge on any atom is -0.352 e. The summed E-state index contributed by atoms with van der Waals surface area (Å²) in [5.74, 6) is -0.0950. The number of halogens is 4. The predicted molar refractivity (Wildman–Crippen MR) is 80.5 cm³/mol. The molecule has 7 heteroatoms. The van der Waals surface area contributed by atoms with Crippen LogP contribution in [0.15, 0.2) is 24.3 Å². The van der Waals surface area contributed by atoms with Crippen LogP contribution in [0.4, 0.5) is 13.2 Å². The quantitative estimate of drug-likeness (QED) is 0.886. The molecule has 1 aliphatic carbocycles. The van der Waals surface area contributed by atoms with Crippen molar-refractivity contribution in [3.8, 4) is 0 Å². The molecule has 0 aromatic heterocycles. The molecule has 3 nitrogen and oxygen atoms in total. The molecule has 0 bridgehead atoms. The van der Waals surface area contributed by atoms with Crippen molar-refractivity contribution >= 4 is 18.3 Å². The lowest BCUT2D eigenvalue weighted by molar-refractivity contribution is -0.137. The molecule has 0 heterocycles. The van der Waals surface area contributed by atoms with Gasteiger partial charge in [-0.25, -0.2) is 0 Å². The van der Waals surface area contributed by atoms with Crippen LogP contribution in [-0.2, 0) is 17.5 Å². The molecule has 0 atom stereocenters. The zero-order chi connectivity index (χ0) is 15.5. The molecule has 1 amide bonds. The van der Waals surface area contributed by atoms with E-state index in [1.807, 2.05) is 0 Å². The van der Waals surface area contributed by atoms with Gasteiger partial charge in [-0.2, -0.15) is 13.2 Å². The van der Waals surface area contributed by atoms with Gasteiger partial charge in [-0.15, -0.1) is 12.4 Å². The first-order valence-electron chi connectivity index (χ1n) is 7.02. The summed E-state index contributed by atoms with van der Waals surface area (Å²) >= 11 is 0. The zero-order valence-electron chi connectivity index (χ0n) is 12.1. The molecule has 1 aromatic rings. The second-order valence-electron chi connectivity index (χ2n) is 5.57. The second-order valence-corrected chi connectivity index (χ2v) is 5.57. The summed E-state index contributed by atoms with van der Waals surface area (Å²) in [4.78, 5) is 12.2. The zero-order valence-corrected chi connectivity index (χ0v) is 12.9. The van der Waals surface area contributed by atoms with Gasteiger partial charge in [0.15, 0.2) is 0 Å². The smallest absolute Gasteiger partial charge is 0.352 e. The standard InChI is InChI=1S/C15H19F3N2O.ClH/c16-15(17,18)12-5-3-11(4-6-12)9-20-13(21)14(10-19)7-1-2-8-14;/h3-6H,1-2,7-10,19H2,(H,20,21);1H. The first-order chi connectivity index (χ1) is 9.87. The van der Waals surface area contributed by atoms with E-state index in [-0.39, 0.29) is 24.9 Å². The van der Waals surface area contributed by atoms with Crippen molar-refractivity contribution in [1.82, 2.24) is 5.32 Å². The highest BCUT2D eigenvalue weighted by Gasteiger charge is 2.39. The number of hydrogen-bond donors (Lipinski definition) is 2. The Hall–Kier alpha value is -1.27. The van der Waals surface area contributed by atoms with Crippen LogP contribution in [0.1, 0.15) is 36.8 Å². The number of carbonyl (C=O) groups is 1. The number of carbonyl (C=O) groups excluding carboxylic acids is 1. The molecule has 3 N–H and O–H groups in total. The summed E-state index contributed by atoms with van der Waals surface area (Å²) in [6.45, 7) is 0.532. The molecule has 2 rings (SSSR count). The van der Waals surface area contributed by atoms with Gasteiger partial charge in [0.1, 0.15) is 0 Å². The minimum atomic E-state index is -4.34. The van der Waals surface area contributed by atoms with Crippen LogP contribution >= 0.6 is 12.4 Å². The van der Waals surface area contributed by atoms with E-state index >= 15 is 0 Å². The van der Waals surface area contributed by atoms with Gasteiger partial charge in [0.2, 0.25) is 5.91 Å². The molecule has 1 aromatic carbocycles. The highest BCUT2D eigenvalue weighted by molar-refractivity contribution is 5.85. The lowest BCUT2D eigenvalue weighted by atomic mass is 9.85. The Morgan fingerprint density at radius 1 is 1.18 bits per heavy atom. The van der Waals surface area contributed by atoms with E-state index in [2.05, 4.69) is 5.32 Å². The Morgan fingerprint density at radius 2 is 1.73 bits per heavy atom. The van der Waals surface area contributed by atoms with Gasteiger partial charge in [0, 0.05) is 13.1 Å². The molecular weight excluding hydrogens is 317 g/mol. The van der Waals surface area contributed by atoms with Crippen LogP contribution in [0, 0.1) is 5.41 Å². The van der Waals surface area contributed by atoms with E-state index < -0.39 is 17.2 Å². The molecular formula is C15H20ClF3N2O. The number of amides is 1. The number of benzene rings is 1. The monoisotopic (exact) mass is 336 g/mol. The van der Waals surface area contributed by atoms with Crippen molar-refractivity contribution < 1.29 is 18.0 Å². The molecule has 124 valence electrons. The summed E-state index contributed by atoms with van der Waals surface area (Å²) < 4.78 is 37.4. The van der Waals surface area contributed by atoms with Crippen LogP contribution in [0.2, 0.25) is 0 Å². The molecule has 1 fully saturated rings. The highest BCUT2D eigenvalue weighted by atomic mass is 35.5. The van der Waals surface area contributed by atoms with E-state index in [1.54, 1.807) is 0 Å². The van der Waals surface area contributed by atoms with E-state index in [4.69, 9.17) is 5.73 Å². The van der Waals surface area contributed by atoms with Crippen LogP contribution in [0.25, 0.3) is 0 Å². The van der Waals surface area contributed by atoms with Gasteiger partial charge in [-0.3, -0.25) is 4.79 Å². The maximum Gasteiger partial charge on any atom is 0.416 e. The summed E-state index contributed by atoms with van der Waals surface area (Å²) in [6.07, 6.45) is -0.796. The Kier molecular flexibility index (Phi) is 6.26. The van der Waals surface area contributed by atoms with Crippen molar-refractivity contribution in [3.05, 3.63) is 35.4 Å². The molecule has 22 heavy (non-hydrogen) atoms. The van der Waals surface area contributed by atoms with E-state index in [1.165, 1.54) is 12.1 Å². The lowest BCUT2D eigenvalue weighted by Gasteiger charge is -2.25. The fourth-order valence-corrected chi connectivity index (χ4v) is 2.76. The molecule has 0 aliphatic heterocycles. The maximum absolute atomic E-state index is 12.5. The van der Waals surface area contributed by atoms with Crippen LogP contribution < -0.4 is 11.1 Å². The topological polar surface area (TPSA) is 55.1 Å². The van der Waals surface area contributed by atoms with Gasteiger partial charge in [-0.1, -0.05) is 25.0 Å². The highest BCUT2D eigenvalue weighted by Crippen LogP contribution is 2.37. The Labute approximate surface area is 133 Å². The normalized spacial score (nSPS) is 16.9. The first-order valence-corrected chi connectivity index (χ1v) is 7.02. The Bertz CT molecular complexity index is 497. The first kappa shape index (κ1) is 18.8. The summed E-state index contributed by atoms with van der Waals surface area (Å²) in [6, 6.07) is 4.81. The molecule has 0 radical (unpaired) electrons. The fraction of sp³-hybridized carbons (Fsp3) is 0.533. The third-order valence-corrected chi connectivity index (χ3v) is 4.17. The molecule has 0 saturated heterocycles. The largest absolute Gasteiger partial charge is 0.416 e. The van der Waals surface area contributed by atoms with E-state index in [0.717, 1.165) is 37.8 Å². The Morgan fingerprint density at radius 3 is 2.18 bits per heavy atom. The van der Waals surface area contributed by atoms with Crippen LogP contribution in [0.3, 0.4) is 0 Å². The molecule has 0 spiro atoms. The van der Waals surface area contributed by atoms with Crippen LogP contribution in [0.5, 0.6) is 0 Å². The number of nitrogens with two attached hydrogens (primary N) is 1. The second kappa shape index (κ2) is 7.33. The van der Waals surface area contributed by atoms with Crippen molar-refractivity contribution in [2.45, 2.75) is 38.4 Å². The van der Waals surface area contributed by atoms with E-state index in [0.29, 0.717) is 12.1 Å². The van der Waals surface area contributed by atoms with E-state index in [9.17, 15) is 18.0 Å². The number of hydrogen-bond acceptors (Lipinski definition) is 2. The molecule has 1 saturated carbocycles. The average Bonchev–Trinajstić information content (AvgIpc) is 2.94. The number of nitrogens with one attached hydrogen (secondary N) is 1. The van der Waals surface area contributed by atoms with Crippen molar-refractivity contribution in [1.29, 1.82) is 0 Å². The molecule has 0 unspecified atom stereocenters.